The number of rotatable bonds is 3. The highest BCUT2D eigenvalue weighted by atomic mass is 79.9. The molecule has 2 aromatic rings. The Hall–Kier alpha value is -1.14. The van der Waals surface area contributed by atoms with Crippen molar-refractivity contribution in [1.29, 1.82) is 0 Å². The summed E-state index contributed by atoms with van der Waals surface area (Å²) in [5, 5.41) is 2.79. The maximum Gasteiger partial charge on any atom is 0.252 e. The Bertz CT molecular complexity index is 526. The Balaban J connectivity index is 2.07. The Labute approximate surface area is 115 Å². The molecule has 1 amide bonds. The Morgan fingerprint density at radius 2 is 2.24 bits per heavy atom. The minimum absolute atomic E-state index is 0.144. The predicted octanol–water partition coefficient (Wildman–Crippen LogP) is 2.86. The summed E-state index contributed by atoms with van der Waals surface area (Å²) in [6, 6.07) is 5.46. The zero-order chi connectivity index (χ0) is 12.3. The fraction of sp³-hybridized carbons (Fsp3) is 0.0909. The van der Waals surface area contributed by atoms with Gasteiger partial charge in [0.15, 0.2) is 0 Å². The van der Waals surface area contributed by atoms with Gasteiger partial charge in [-0.15, -0.1) is 0 Å². The van der Waals surface area contributed by atoms with Crippen molar-refractivity contribution < 1.29 is 4.79 Å². The minimum atomic E-state index is -0.144. The lowest BCUT2D eigenvalue weighted by atomic mass is 10.2. The molecule has 0 spiro atoms. The van der Waals surface area contributed by atoms with Crippen LogP contribution in [0.25, 0.3) is 0 Å². The number of imidazole rings is 1. The van der Waals surface area contributed by atoms with Crippen LogP contribution >= 0.6 is 31.9 Å². The fourth-order valence-corrected chi connectivity index (χ4v) is 2.11. The van der Waals surface area contributed by atoms with Crippen molar-refractivity contribution in [2.24, 2.45) is 0 Å². The highest BCUT2D eigenvalue weighted by molar-refractivity contribution is 9.11. The number of benzene rings is 1. The van der Waals surface area contributed by atoms with Gasteiger partial charge in [-0.25, -0.2) is 4.98 Å². The smallest absolute Gasteiger partial charge is 0.252 e. The lowest BCUT2D eigenvalue weighted by Gasteiger charge is -2.06. The molecule has 1 heterocycles. The van der Waals surface area contributed by atoms with E-state index >= 15 is 0 Å². The van der Waals surface area contributed by atoms with Gasteiger partial charge >= 0.3 is 0 Å². The van der Waals surface area contributed by atoms with Crippen LogP contribution < -0.4 is 5.32 Å². The van der Waals surface area contributed by atoms with Gasteiger partial charge in [0.05, 0.1) is 12.1 Å². The molecule has 1 aromatic heterocycles. The predicted molar refractivity (Wildman–Crippen MR) is 71.6 cm³/mol. The first kappa shape index (κ1) is 12.3. The molecule has 0 aliphatic carbocycles. The van der Waals surface area contributed by atoms with E-state index in [0.29, 0.717) is 12.1 Å². The van der Waals surface area contributed by atoms with Crippen LogP contribution in [0.1, 0.15) is 16.2 Å². The number of carbonyl (C=O) groups excluding carboxylic acids is 1. The standard InChI is InChI=1S/C11H9Br2N3O/c12-7-1-2-9(13)8(5-7)11(17)16-6-10-14-3-4-15-10/h1-5H,6H2,(H,14,15)(H,16,17). The van der Waals surface area contributed by atoms with Crippen LogP contribution in [0.2, 0.25) is 0 Å². The van der Waals surface area contributed by atoms with Gasteiger partial charge in [-0.1, -0.05) is 15.9 Å². The largest absolute Gasteiger partial charge is 0.347 e. The van der Waals surface area contributed by atoms with E-state index in [1.807, 2.05) is 12.1 Å². The number of carbonyl (C=O) groups is 1. The third-order valence-corrected chi connectivity index (χ3v) is 3.33. The molecule has 0 aliphatic heterocycles. The van der Waals surface area contributed by atoms with Crippen molar-refractivity contribution in [3.05, 3.63) is 50.9 Å². The van der Waals surface area contributed by atoms with E-state index in [1.165, 1.54) is 0 Å². The van der Waals surface area contributed by atoms with Crippen LogP contribution in [-0.4, -0.2) is 15.9 Å². The van der Waals surface area contributed by atoms with Crippen LogP contribution in [0.4, 0.5) is 0 Å². The van der Waals surface area contributed by atoms with Crippen molar-refractivity contribution in [2.45, 2.75) is 6.54 Å². The molecule has 1 aromatic carbocycles. The third kappa shape index (κ3) is 3.17. The number of nitrogens with one attached hydrogen (secondary N) is 2. The molecule has 0 saturated carbocycles. The molecule has 17 heavy (non-hydrogen) atoms. The monoisotopic (exact) mass is 357 g/mol. The number of nitrogens with zero attached hydrogens (tertiary/aromatic N) is 1. The van der Waals surface area contributed by atoms with Crippen molar-refractivity contribution in [1.82, 2.24) is 15.3 Å². The summed E-state index contributed by atoms with van der Waals surface area (Å²) < 4.78 is 1.63. The second-order valence-electron chi connectivity index (χ2n) is 3.34. The fourth-order valence-electron chi connectivity index (χ4n) is 1.33. The van der Waals surface area contributed by atoms with E-state index in [0.717, 1.165) is 14.8 Å². The number of amides is 1. The van der Waals surface area contributed by atoms with Gasteiger partial charge in [0.1, 0.15) is 5.82 Å². The van der Waals surface area contributed by atoms with E-state index in [2.05, 4.69) is 47.1 Å². The molecule has 4 nitrogen and oxygen atoms in total. The number of hydrogen-bond donors (Lipinski definition) is 2. The number of halogens is 2. The van der Waals surface area contributed by atoms with E-state index in [9.17, 15) is 4.79 Å². The molecule has 0 atom stereocenters. The van der Waals surface area contributed by atoms with E-state index in [4.69, 9.17) is 0 Å². The van der Waals surface area contributed by atoms with Crippen LogP contribution in [0.5, 0.6) is 0 Å². The molecule has 0 saturated heterocycles. The summed E-state index contributed by atoms with van der Waals surface area (Å²) in [7, 11) is 0. The molecule has 2 rings (SSSR count). The molecule has 0 aliphatic rings. The molecular formula is C11H9Br2N3O. The first-order valence-electron chi connectivity index (χ1n) is 4.88. The van der Waals surface area contributed by atoms with Gasteiger partial charge in [0, 0.05) is 21.3 Å². The van der Waals surface area contributed by atoms with Crippen LogP contribution in [0, 0.1) is 0 Å². The normalized spacial score (nSPS) is 10.2. The van der Waals surface area contributed by atoms with Crippen molar-refractivity contribution in [2.75, 3.05) is 0 Å². The molecular weight excluding hydrogens is 350 g/mol. The summed E-state index contributed by atoms with van der Waals surface area (Å²) in [5.41, 5.74) is 0.589. The zero-order valence-corrected chi connectivity index (χ0v) is 11.9. The van der Waals surface area contributed by atoms with Crippen LogP contribution in [0.3, 0.4) is 0 Å². The summed E-state index contributed by atoms with van der Waals surface area (Å²) in [6.45, 7) is 0.380. The maximum atomic E-state index is 11.9. The molecule has 0 fully saturated rings. The highest BCUT2D eigenvalue weighted by Crippen LogP contribution is 2.21. The Kier molecular flexibility index (Phi) is 3.96. The number of aromatic nitrogens is 2. The van der Waals surface area contributed by atoms with Gasteiger partial charge in [-0.3, -0.25) is 4.79 Å². The number of hydrogen-bond acceptors (Lipinski definition) is 2. The summed E-state index contributed by atoms with van der Waals surface area (Å²) in [4.78, 5) is 18.9. The van der Waals surface area contributed by atoms with Gasteiger partial charge in [-0.05, 0) is 34.1 Å². The molecule has 2 N–H and O–H groups in total. The average Bonchev–Trinajstić information content (AvgIpc) is 2.82. The molecule has 0 bridgehead atoms. The van der Waals surface area contributed by atoms with Crippen molar-refractivity contribution >= 4 is 37.8 Å². The summed E-state index contributed by atoms with van der Waals surface area (Å²) >= 11 is 6.68. The number of H-pyrrole nitrogens is 1. The van der Waals surface area contributed by atoms with E-state index < -0.39 is 0 Å². The summed E-state index contributed by atoms with van der Waals surface area (Å²) in [6.07, 6.45) is 3.37. The van der Waals surface area contributed by atoms with Crippen LogP contribution in [0.15, 0.2) is 39.5 Å². The Morgan fingerprint density at radius 3 is 2.94 bits per heavy atom. The SMILES string of the molecule is O=C(NCc1ncc[nH]1)c1cc(Br)ccc1Br. The highest BCUT2D eigenvalue weighted by Gasteiger charge is 2.10. The quantitative estimate of drug-likeness (QED) is 0.886. The molecule has 6 heteroatoms. The summed E-state index contributed by atoms with van der Waals surface area (Å²) in [5.74, 6) is 0.582. The molecule has 88 valence electrons. The van der Waals surface area contributed by atoms with Crippen molar-refractivity contribution in [3.8, 4) is 0 Å². The third-order valence-electron chi connectivity index (χ3n) is 2.14. The maximum absolute atomic E-state index is 11.9. The average molecular weight is 359 g/mol. The van der Waals surface area contributed by atoms with Crippen molar-refractivity contribution in [3.63, 3.8) is 0 Å². The first-order valence-corrected chi connectivity index (χ1v) is 6.47. The van der Waals surface area contributed by atoms with Gasteiger partial charge in [-0.2, -0.15) is 0 Å². The van der Waals surface area contributed by atoms with Gasteiger partial charge in [0.25, 0.3) is 5.91 Å². The van der Waals surface area contributed by atoms with Gasteiger partial charge in [0.2, 0.25) is 0 Å². The molecule has 0 unspecified atom stereocenters. The van der Waals surface area contributed by atoms with E-state index in [1.54, 1.807) is 18.5 Å². The first-order chi connectivity index (χ1) is 8.16. The lowest BCUT2D eigenvalue weighted by Crippen LogP contribution is -2.23. The lowest BCUT2D eigenvalue weighted by molar-refractivity contribution is 0.0949. The Morgan fingerprint density at radius 1 is 1.41 bits per heavy atom. The van der Waals surface area contributed by atoms with E-state index in [-0.39, 0.29) is 5.91 Å². The molecule has 0 radical (unpaired) electrons. The zero-order valence-electron chi connectivity index (χ0n) is 8.71. The second-order valence-corrected chi connectivity index (χ2v) is 5.11. The van der Waals surface area contributed by atoms with Crippen LogP contribution in [-0.2, 0) is 6.54 Å². The van der Waals surface area contributed by atoms with Gasteiger partial charge < -0.3 is 10.3 Å². The second kappa shape index (κ2) is 5.46. The number of aromatic amines is 1. The minimum Gasteiger partial charge on any atom is -0.347 e. The topological polar surface area (TPSA) is 57.8 Å².